The number of nitrogens with one attached hydrogen (secondary N) is 1. The number of methoxy groups -OCH3 is 1. The molecular formula is C20H26N2O3. The van der Waals surface area contributed by atoms with Gasteiger partial charge in [-0.15, -0.1) is 0 Å². The molecule has 0 radical (unpaired) electrons. The Bertz CT molecular complexity index is 723. The highest BCUT2D eigenvalue weighted by molar-refractivity contribution is 5.82. The third-order valence-electron chi connectivity index (χ3n) is 7.14. The summed E-state index contributed by atoms with van der Waals surface area (Å²) in [6.07, 6.45) is 3.21. The van der Waals surface area contributed by atoms with Crippen molar-refractivity contribution in [2.75, 3.05) is 17.3 Å². The molecule has 0 aromatic heterocycles. The fourth-order valence-electron chi connectivity index (χ4n) is 6.30. The van der Waals surface area contributed by atoms with Crippen molar-refractivity contribution >= 4 is 17.3 Å². The lowest BCUT2D eigenvalue weighted by Crippen LogP contribution is -2.63. The zero-order valence-corrected chi connectivity index (χ0v) is 15.1. The molecule has 0 bridgehead atoms. The van der Waals surface area contributed by atoms with Crippen LogP contribution >= 0.6 is 0 Å². The number of hydrogen-bond acceptors (Lipinski definition) is 5. The first kappa shape index (κ1) is 15.5. The molecule has 5 heteroatoms. The molecule has 5 rings (SSSR count). The summed E-state index contributed by atoms with van der Waals surface area (Å²) < 4.78 is 12.0. The van der Waals surface area contributed by atoms with Gasteiger partial charge in [-0.3, -0.25) is 4.79 Å². The molecule has 2 heterocycles. The molecule has 7 atom stereocenters. The monoisotopic (exact) mass is 342 g/mol. The fourth-order valence-corrected chi connectivity index (χ4v) is 6.30. The van der Waals surface area contributed by atoms with E-state index in [4.69, 9.17) is 9.47 Å². The summed E-state index contributed by atoms with van der Waals surface area (Å²) in [7, 11) is 1.77. The molecule has 1 aromatic carbocycles. The SMILES string of the molecule is CO[C@]12C3CC[C@H]1OC(=O)C2C(N1c2ccccc2NC1C)[C@@H](C)C3. The highest BCUT2D eigenvalue weighted by Crippen LogP contribution is 2.59. The largest absolute Gasteiger partial charge is 0.459 e. The summed E-state index contributed by atoms with van der Waals surface area (Å²) in [5, 5.41) is 3.56. The van der Waals surface area contributed by atoms with Crippen LogP contribution in [0.25, 0.3) is 0 Å². The molecular weight excluding hydrogens is 316 g/mol. The number of fused-ring (bicyclic) bond motifs is 1. The first-order valence-electron chi connectivity index (χ1n) is 9.47. The van der Waals surface area contributed by atoms with Crippen LogP contribution in [0, 0.1) is 17.8 Å². The third-order valence-corrected chi connectivity index (χ3v) is 7.14. The van der Waals surface area contributed by atoms with Crippen molar-refractivity contribution < 1.29 is 14.3 Å². The van der Waals surface area contributed by atoms with Crippen LogP contribution in [0.5, 0.6) is 0 Å². The maximum absolute atomic E-state index is 12.9. The molecule has 0 spiro atoms. The summed E-state index contributed by atoms with van der Waals surface area (Å²) in [6, 6.07) is 8.48. The first-order chi connectivity index (χ1) is 12.1. The van der Waals surface area contributed by atoms with Crippen molar-refractivity contribution in [2.24, 2.45) is 17.8 Å². The molecule has 1 aromatic rings. The lowest BCUT2D eigenvalue weighted by Gasteiger charge is -2.51. The van der Waals surface area contributed by atoms with Crippen molar-refractivity contribution in [3.8, 4) is 0 Å². The molecule has 1 N–H and O–H groups in total. The highest BCUT2D eigenvalue weighted by atomic mass is 16.6. The average Bonchev–Trinajstić information content (AvgIpc) is 3.20. The van der Waals surface area contributed by atoms with Crippen LogP contribution in [0.2, 0.25) is 0 Å². The standard InChI is InChI=1S/C20H26N2O3/c1-11-10-13-8-9-16-20(13,24-3)17(19(23)25-16)18(11)22-12(2)21-14-6-4-5-7-15(14)22/h4-7,11-13,16-18,21H,8-10H2,1-3H3/t11-,12?,13?,16+,17?,18?,20+/m0/s1. The molecule has 3 fully saturated rings. The minimum atomic E-state index is -0.439. The summed E-state index contributed by atoms with van der Waals surface area (Å²) in [4.78, 5) is 15.4. The number of rotatable bonds is 2. The predicted octanol–water partition coefficient (Wildman–Crippen LogP) is 3.01. The predicted molar refractivity (Wildman–Crippen MR) is 95.4 cm³/mol. The number of anilines is 2. The van der Waals surface area contributed by atoms with Crippen molar-refractivity contribution in [3.05, 3.63) is 24.3 Å². The Hall–Kier alpha value is -1.75. The van der Waals surface area contributed by atoms with Crippen molar-refractivity contribution in [2.45, 2.75) is 57.0 Å². The van der Waals surface area contributed by atoms with Crippen LogP contribution < -0.4 is 10.2 Å². The van der Waals surface area contributed by atoms with E-state index in [1.165, 1.54) is 5.69 Å². The molecule has 2 saturated carbocycles. The van der Waals surface area contributed by atoms with Gasteiger partial charge in [0.05, 0.1) is 17.5 Å². The van der Waals surface area contributed by atoms with Crippen molar-refractivity contribution in [1.29, 1.82) is 0 Å². The van der Waals surface area contributed by atoms with E-state index < -0.39 is 5.60 Å². The van der Waals surface area contributed by atoms with E-state index in [-0.39, 0.29) is 30.2 Å². The summed E-state index contributed by atoms with van der Waals surface area (Å²) >= 11 is 0. The van der Waals surface area contributed by atoms with E-state index in [9.17, 15) is 4.79 Å². The van der Waals surface area contributed by atoms with Crippen molar-refractivity contribution in [1.82, 2.24) is 0 Å². The zero-order valence-electron chi connectivity index (χ0n) is 15.1. The van der Waals surface area contributed by atoms with Gasteiger partial charge in [0.1, 0.15) is 17.6 Å². The molecule has 4 aliphatic rings. The normalized spacial score (nSPS) is 44.3. The molecule has 0 amide bonds. The van der Waals surface area contributed by atoms with Gasteiger partial charge in [0, 0.05) is 13.2 Å². The molecule has 2 aliphatic heterocycles. The molecule has 2 aliphatic carbocycles. The van der Waals surface area contributed by atoms with E-state index in [1.807, 2.05) is 0 Å². The van der Waals surface area contributed by atoms with Crippen LogP contribution in [-0.2, 0) is 14.3 Å². The van der Waals surface area contributed by atoms with Crippen LogP contribution in [0.15, 0.2) is 24.3 Å². The minimum Gasteiger partial charge on any atom is -0.459 e. The van der Waals surface area contributed by atoms with Crippen molar-refractivity contribution in [3.63, 3.8) is 0 Å². The maximum Gasteiger partial charge on any atom is 0.314 e. The number of nitrogens with zero attached hydrogens (tertiary/aromatic N) is 1. The Labute approximate surface area is 148 Å². The average molecular weight is 342 g/mol. The van der Waals surface area contributed by atoms with Gasteiger partial charge in [-0.25, -0.2) is 0 Å². The minimum absolute atomic E-state index is 0.0651. The van der Waals surface area contributed by atoms with Crippen LogP contribution in [0.3, 0.4) is 0 Å². The van der Waals surface area contributed by atoms with E-state index in [1.54, 1.807) is 7.11 Å². The van der Waals surface area contributed by atoms with Gasteiger partial charge < -0.3 is 19.7 Å². The fraction of sp³-hybridized carbons (Fsp3) is 0.650. The van der Waals surface area contributed by atoms with E-state index in [0.29, 0.717) is 11.8 Å². The summed E-state index contributed by atoms with van der Waals surface area (Å²) in [5.41, 5.74) is 1.89. The number of esters is 1. The van der Waals surface area contributed by atoms with E-state index >= 15 is 0 Å². The van der Waals surface area contributed by atoms with Crippen LogP contribution in [0.1, 0.15) is 33.1 Å². The van der Waals surface area contributed by atoms with Gasteiger partial charge in [0.2, 0.25) is 0 Å². The first-order valence-corrected chi connectivity index (χ1v) is 9.47. The number of hydrogen-bond donors (Lipinski definition) is 1. The number of benzene rings is 1. The summed E-state index contributed by atoms with van der Waals surface area (Å²) in [6.45, 7) is 4.46. The maximum atomic E-state index is 12.9. The Balaban J connectivity index is 1.63. The second-order valence-electron chi connectivity index (χ2n) is 8.18. The second-order valence-corrected chi connectivity index (χ2v) is 8.18. The van der Waals surface area contributed by atoms with Gasteiger partial charge in [-0.05, 0) is 50.2 Å². The topological polar surface area (TPSA) is 50.8 Å². The molecule has 25 heavy (non-hydrogen) atoms. The van der Waals surface area contributed by atoms with Gasteiger partial charge >= 0.3 is 5.97 Å². The molecule has 5 nitrogen and oxygen atoms in total. The highest BCUT2D eigenvalue weighted by Gasteiger charge is 2.70. The van der Waals surface area contributed by atoms with Gasteiger partial charge in [-0.1, -0.05) is 19.1 Å². The summed E-state index contributed by atoms with van der Waals surface area (Å²) in [5.74, 6) is 0.559. The Morgan fingerprint density at radius 1 is 1.28 bits per heavy atom. The smallest absolute Gasteiger partial charge is 0.314 e. The number of para-hydroxylation sites is 2. The number of carbonyl (C=O) groups excluding carboxylic acids is 1. The van der Waals surface area contributed by atoms with Gasteiger partial charge in [-0.2, -0.15) is 0 Å². The van der Waals surface area contributed by atoms with Crippen LogP contribution in [-0.4, -0.2) is 37.0 Å². The molecule has 1 saturated heterocycles. The Morgan fingerprint density at radius 3 is 2.88 bits per heavy atom. The number of ether oxygens (including phenoxy) is 2. The third kappa shape index (κ3) is 1.80. The Morgan fingerprint density at radius 2 is 2.08 bits per heavy atom. The van der Waals surface area contributed by atoms with Gasteiger partial charge in [0.15, 0.2) is 0 Å². The number of carbonyl (C=O) groups is 1. The second kappa shape index (κ2) is 5.13. The van der Waals surface area contributed by atoms with E-state index in [0.717, 1.165) is 24.9 Å². The molecule has 134 valence electrons. The lowest BCUT2D eigenvalue weighted by molar-refractivity contribution is -0.147. The Kier molecular flexibility index (Phi) is 3.18. The van der Waals surface area contributed by atoms with E-state index in [2.05, 4.69) is 48.3 Å². The molecule has 4 unspecified atom stereocenters. The zero-order chi connectivity index (χ0) is 17.3. The van der Waals surface area contributed by atoms with Crippen LogP contribution in [0.4, 0.5) is 11.4 Å². The quantitative estimate of drug-likeness (QED) is 0.838. The lowest BCUT2D eigenvalue weighted by atomic mass is 9.63. The van der Waals surface area contributed by atoms with Gasteiger partial charge in [0.25, 0.3) is 0 Å².